The maximum atomic E-state index is 13.4. The number of halogens is 1. The first-order valence-electron chi connectivity index (χ1n) is 6.31. The lowest BCUT2D eigenvalue weighted by Gasteiger charge is -2.31. The maximum Gasteiger partial charge on any atom is 0.129 e. The molecule has 1 aliphatic rings. The van der Waals surface area contributed by atoms with Gasteiger partial charge in [-0.2, -0.15) is 0 Å². The molecule has 0 saturated heterocycles. The average molecular weight is 237 g/mol. The summed E-state index contributed by atoms with van der Waals surface area (Å²) < 4.78 is 19.3. The molecule has 2 nitrogen and oxygen atoms in total. The van der Waals surface area contributed by atoms with Gasteiger partial charge in [-0.25, -0.2) is 4.39 Å². The fourth-order valence-electron chi connectivity index (χ4n) is 2.39. The Hall–Kier alpha value is -1.09. The minimum absolute atomic E-state index is 0.163. The Morgan fingerprint density at radius 3 is 2.76 bits per heavy atom. The minimum Gasteiger partial charge on any atom is -0.489 e. The van der Waals surface area contributed by atoms with Crippen molar-refractivity contribution >= 4 is 0 Å². The molecule has 2 unspecified atom stereocenters. The van der Waals surface area contributed by atoms with Crippen LogP contribution in [0.1, 0.15) is 31.2 Å². The molecule has 1 N–H and O–H groups in total. The zero-order valence-corrected chi connectivity index (χ0v) is 10.5. The number of rotatable bonds is 3. The van der Waals surface area contributed by atoms with Crippen LogP contribution in [0.25, 0.3) is 0 Å². The average Bonchev–Trinajstić information content (AvgIpc) is 2.34. The van der Waals surface area contributed by atoms with Crippen LogP contribution in [-0.2, 0) is 0 Å². The van der Waals surface area contributed by atoms with E-state index in [2.05, 4.69) is 5.32 Å². The quantitative estimate of drug-likeness (QED) is 0.872. The van der Waals surface area contributed by atoms with Gasteiger partial charge in [0.2, 0.25) is 0 Å². The monoisotopic (exact) mass is 237 g/mol. The molecule has 0 amide bonds. The third-order valence-electron chi connectivity index (χ3n) is 3.50. The van der Waals surface area contributed by atoms with Crippen molar-refractivity contribution in [2.24, 2.45) is 0 Å². The Bertz CT molecular complexity index is 380. The van der Waals surface area contributed by atoms with E-state index in [9.17, 15) is 4.39 Å². The second-order valence-corrected chi connectivity index (χ2v) is 4.75. The Balaban J connectivity index is 2.05. The van der Waals surface area contributed by atoms with Crippen molar-refractivity contribution in [2.45, 2.75) is 44.8 Å². The van der Waals surface area contributed by atoms with E-state index in [0.29, 0.717) is 17.4 Å². The topological polar surface area (TPSA) is 21.3 Å². The van der Waals surface area contributed by atoms with E-state index in [1.807, 2.05) is 13.1 Å². The van der Waals surface area contributed by atoms with Gasteiger partial charge >= 0.3 is 0 Å². The molecule has 0 radical (unpaired) electrons. The zero-order chi connectivity index (χ0) is 12.3. The lowest BCUT2D eigenvalue weighted by molar-refractivity contribution is 0.117. The summed E-state index contributed by atoms with van der Waals surface area (Å²) in [6.07, 6.45) is 4.78. The Morgan fingerprint density at radius 2 is 2.06 bits per heavy atom. The summed E-state index contributed by atoms with van der Waals surface area (Å²) in [4.78, 5) is 0. The zero-order valence-electron chi connectivity index (χ0n) is 10.5. The predicted octanol–water partition coefficient (Wildman–Crippen LogP) is 3.04. The molecule has 0 spiro atoms. The molecule has 3 heteroatoms. The number of aryl methyl sites for hydroxylation is 1. The largest absolute Gasteiger partial charge is 0.489 e. The predicted molar refractivity (Wildman–Crippen MR) is 66.9 cm³/mol. The van der Waals surface area contributed by atoms with Gasteiger partial charge in [0, 0.05) is 12.1 Å². The molecule has 94 valence electrons. The molecule has 1 aromatic carbocycles. The second kappa shape index (κ2) is 5.50. The summed E-state index contributed by atoms with van der Waals surface area (Å²) in [7, 11) is 1.96. The molecule has 1 aliphatic carbocycles. The molecule has 1 aromatic rings. The lowest BCUT2D eigenvalue weighted by Crippen LogP contribution is -2.43. The van der Waals surface area contributed by atoms with Crippen molar-refractivity contribution in [2.75, 3.05) is 7.05 Å². The first-order chi connectivity index (χ1) is 8.20. The van der Waals surface area contributed by atoms with E-state index in [-0.39, 0.29) is 11.9 Å². The molecule has 0 aliphatic heterocycles. The van der Waals surface area contributed by atoms with E-state index in [1.54, 1.807) is 13.0 Å². The van der Waals surface area contributed by atoms with Gasteiger partial charge in [-0.3, -0.25) is 0 Å². The Morgan fingerprint density at radius 1 is 1.29 bits per heavy atom. The smallest absolute Gasteiger partial charge is 0.129 e. The molecule has 0 bridgehead atoms. The highest BCUT2D eigenvalue weighted by Gasteiger charge is 2.25. The van der Waals surface area contributed by atoms with Crippen LogP contribution in [-0.4, -0.2) is 19.2 Å². The van der Waals surface area contributed by atoms with Crippen LogP contribution < -0.4 is 10.1 Å². The van der Waals surface area contributed by atoms with Crippen molar-refractivity contribution in [1.82, 2.24) is 5.32 Å². The van der Waals surface area contributed by atoms with Crippen LogP contribution in [0.5, 0.6) is 5.75 Å². The van der Waals surface area contributed by atoms with Crippen molar-refractivity contribution in [3.63, 3.8) is 0 Å². The third kappa shape index (κ3) is 2.97. The number of ether oxygens (including phenoxy) is 1. The highest BCUT2D eigenvalue weighted by Crippen LogP contribution is 2.24. The summed E-state index contributed by atoms with van der Waals surface area (Å²) in [5.41, 5.74) is 0.658. The molecule has 1 saturated carbocycles. The van der Waals surface area contributed by atoms with Gasteiger partial charge in [0.25, 0.3) is 0 Å². The molecular weight excluding hydrogens is 217 g/mol. The van der Waals surface area contributed by atoms with Gasteiger partial charge in [0.15, 0.2) is 0 Å². The normalized spacial score (nSPS) is 24.6. The number of likely N-dealkylation sites (N-methyl/N-ethyl adjacent to an activating group) is 1. The summed E-state index contributed by atoms with van der Waals surface area (Å²) in [6, 6.07) is 5.48. The van der Waals surface area contributed by atoms with Crippen LogP contribution in [0.3, 0.4) is 0 Å². The van der Waals surface area contributed by atoms with E-state index in [4.69, 9.17) is 4.74 Å². The molecule has 17 heavy (non-hydrogen) atoms. The first-order valence-corrected chi connectivity index (χ1v) is 6.31. The number of hydrogen-bond acceptors (Lipinski definition) is 2. The lowest BCUT2D eigenvalue weighted by atomic mass is 9.92. The van der Waals surface area contributed by atoms with Crippen molar-refractivity contribution in [3.8, 4) is 5.75 Å². The van der Waals surface area contributed by atoms with Crippen LogP contribution in [0.2, 0.25) is 0 Å². The van der Waals surface area contributed by atoms with Gasteiger partial charge in [0.1, 0.15) is 17.7 Å². The Labute approximate surface area is 102 Å². The molecule has 0 heterocycles. The van der Waals surface area contributed by atoms with Crippen LogP contribution in [0.15, 0.2) is 18.2 Å². The van der Waals surface area contributed by atoms with E-state index >= 15 is 0 Å². The fraction of sp³-hybridized carbons (Fsp3) is 0.571. The highest BCUT2D eigenvalue weighted by molar-refractivity contribution is 5.28. The van der Waals surface area contributed by atoms with Crippen molar-refractivity contribution in [3.05, 3.63) is 29.6 Å². The number of hydrogen-bond donors (Lipinski definition) is 1. The van der Waals surface area contributed by atoms with Crippen molar-refractivity contribution < 1.29 is 9.13 Å². The first kappa shape index (κ1) is 12.4. The van der Waals surface area contributed by atoms with Crippen LogP contribution >= 0.6 is 0 Å². The molecule has 1 fully saturated rings. The van der Waals surface area contributed by atoms with E-state index < -0.39 is 0 Å². The van der Waals surface area contributed by atoms with Crippen LogP contribution in [0, 0.1) is 12.7 Å². The van der Waals surface area contributed by atoms with E-state index in [1.165, 1.54) is 18.9 Å². The second-order valence-electron chi connectivity index (χ2n) is 4.75. The molecule has 2 atom stereocenters. The minimum atomic E-state index is -0.195. The molecular formula is C14H20FNO. The van der Waals surface area contributed by atoms with Gasteiger partial charge in [0.05, 0.1) is 0 Å². The van der Waals surface area contributed by atoms with E-state index in [0.717, 1.165) is 12.8 Å². The molecule has 2 rings (SSSR count). The third-order valence-corrected chi connectivity index (χ3v) is 3.50. The fourth-order valence-corrected chi connectivity index (χ4v) is 2.39. The number of benzene rings is 1. The highest BCUT2D eigenvalue weighted by atomic mass is 19.1. The Kier molecular flexibility index (Phi) is 4.00. The summed E-state index contributed by atoms with van der Waals surface area (Å²) in [6.45, 7) is 1.76. The summed E-state index contributed by atoms with van der Waals surface area (Å²) >= 11 is 0. The van der Waals surface area contributed by atoms with Crippen molar-refractivity contribution in [1.29, 1.82) is 0 Å². The maximum absolute atomic E-state index is 13.4. The standard InChI is InChI=1S/C14H20FNO/c1-10-7-8-11(9-12(10)15)17-14-6-4-3-5-13(14)16-2/h7-9,13-14,16H,3-6H2,1-2H3. The van der Waals surface area contributed by atoms with Gasteiger partial charge in [-0.15, -0.1) is 0 Å². The summed E-state index contributed by atoms with van der Waals surface area (Å²) in [5.74, 6) is 0.444. The number of nitrogens with one attached hydrogen (secondary N) is 1. The summed E-state index contributed by atoms with van der Waals surface area (Å²) in [5, 5.41) is 3.28. The molecule has 0 aromatic heterocycles. The SMILES string of the molecule is CNC1CCCCC1Oc1ccc(C)c(F)c1. The van der Waals surface area contributed by atoms with Crippen LogP contribution in [0.4, 0.5) is 4.39 Å². The van der Waals surface area contributed by atoms with Gasteiger partial charge in [-0.05, 0) is 44.9 Å². The van der Waals surface area contributed by atoms with Gasteiger partial charge in [-0.1, -0.05) is 12.5 Å². The van der Waals surface area contributed by atoms with Gasteiger partial charge < -0.3 is 10.1 Å².